The minimum absolute atomic E-state index is 0.309. The largest absolute Gasteiger partial charge is 0.338 e. The first kappa shape index (κ1) is 14.6. The lowest BCUT2D eigenvalue weighted by Crippen LogP contribution is -2.46. The Hall–Kier alpha value is -1.28. The Morgan fingerprint density at radius 3 is 2.71 bits per heavy atom. The van der Waals surface area contributed by atoms with Crippen molar-refractivity contribution in [2.75, 3.05) is 32.7 Å². The Morgan fingerprint density at radius 1 is 1.24 bits per heavy atom. The molecule has 0 spiro atoms. The van der Waals surface area contributed by atoms with Crippen LogP contribution in [-0.2, 0) is 19.5 Å². The third-order valence-electron chi connectivity index (χ3n) is 3.77. The van der Waals surface area contributed by atoms with Gasteiger partial charge in [0.25, 0.3) is 0 Å². The number of aromatic nitrogens is 2. The van der Waals surface area contributed by atoms with Crippen LogP contribution >= 0.6 is 11.3 Å². The van der Waals surface area contributed by atoms with Crippen LogP contribution in [0.4, 0.5) is 0 Å². The van der Waals surface area contributed by atoms with Gasteiger partial charge in [-0.05, 0) is 17.9 Å². The lowest BCUT2D eigenvalue weighted by molar-refractivity contribution is 0.125. The van der Waals surface area contributed by atoms with E-state index in [-0.39, 0.29) is 0 Å². The van der Waals surface area contributed by atoms with Crippen LogP contribution < -0.4 is 5.73 Å². The first-order valence-electron chi connectivity index (χ1n) is 7.32. The summed E-state index contributed by atoms with van der Waals surface area (Å²) in [5.41, 5.74) is 5.47. The molecule has 0 saturated carbocycles. The van der Waals surface area contributed by atoms with Crippen LogP contribution in [0.1, 0.15) is 16.6 Å². The van der Waals surface area contributed by atoms with Crippen molar-refractivity contribution in [2.45, 2.75) is 19.5 Å². The van der Waals surface area contributed by atoms with Gasteiger partial charge in [-0.2, -0.15) is 4.98 Å². The molecule has 2 N–H and O–H groups in total. The van der Waals surface area contributed by atoms with E-state index in [0.717, 1.165) is 51.5 Å². The zero-order valence-electron chi connectivity index (χ0n) is 12.1. The number of thiophene rings is 1. The van der Waals surface area contributed by atoms with Gasteiger partial charge in [0.05, 0.1) is 13.1 Å². The van der Waals surface area contributed by atoms with Crippen LogP contribution in [0, 0.1) is 0 Å². The van der Waals surface area contributed by atoms with Crippen LogP contribution in [0.15, 0.2) is 22.0 Å². The lowest BCUT2D eigenvalue weighted by Gasteiger charge is -2.33. The van der Waals surface area contributed by atoms with Crippen LogP contribution in [0.2, 0.25) is 0 Å². The second-order valence-electron chi connectivity index (χ2n) is 5.26. The van der Waals surface area contributed by atoms with Crippen LogP contribution in [0.5, 0.6) is 0 Å². The molecule has 3 heterocycles. The zero-order valence-corrected chi connectivity index (χ0v) is 12.9. The van der Waals surface area contributed by atoms with E-state index in [0.29, 0.717) is 12.4 Å². The van der Waals surface area contributed by atoms with E-state index in [2.05, 4.69) is 37.5 Å². The Bertz CT molecular complexity index is 533. The highest BCUT2D eigenvalue weighted by Gasteiger charge is 2.18. The molecule has 114 valence electrons. The summed E-state index contributed by atoms with van der Waals surface area (Å²) in [7, 11) is 0. The molecule has 6 nitrogen and oxygen atoms in total. The van der Waals surface area contributed by atoms with Crippen molar-refractivity contribution in [3.8, 4) is 0 Å². The van der Waals surface area contributed by atoms with Gasteiger partial charge in [-0.1, -0.05) is 11.2 Å². The van der Waals surface area contributed by atoms with E-state index in [1.165, 1.54) is 4.88 Å². The molecule has 0 amide bonds. The molecular formula is C14H21N5OS. The van der Waals surface area contributed by atoms with Crippen molar-refractivity contribution in [1.82, 2.24) is 19.9 Å². The quantitative estimate of drug-likeness (QED) is 0.857. The molecule has 2 aromatic rings. The average Bonchev–Trinajstić information content (AvgIpc) is 3.18. The van der Waals surface area contributed by atoms with E-state index in [1.54, 1.807) is 0 Å². The highest BCUT2D eigenvalue weighted by atomic mass is 32.1. The fraction of sp³-hybridized carbons (Fsp3) is 0.571. The van der Waals surface area contributed by atoms with Crippen molar-refractivity contribution in [2.24, 2.45) is 5.73 Å². The number of piperazine rings is 1. The zero-order chi connectivity index (χ0) is 14.5. The molecule has 0 aliphatic carbocycles. The first-order valence-corrected chi connectivity index (χ1v) is 8.20. The second kappa shape index (κ2) is 7.13. The molecule has 0 aromatic carbocycles. The summed E-state index contributed by atoms with van der Waals surface area (Å²) >= 11 is 1.84. The van der Waals surface area contributed by atoms with Crippen molar-refractivity contribution >= 4 is 11.3 Å². The third-order valence-corrected chi connectivity index (χ3v) is 4.71. The Labute approximate surface area is 128 Å². The van der Waals surface area contributed by atoms with Crippen molar-refractivity contribution in [1.29, 1.82) is 0 Å². The number of rotatable bonds is 6. The maximum absolute atomic E-state index is 5.47. The topological polar surface area (TPSA) is 71.4 Å². The molecule has 2 aromatic heterocycles. The van der Waals surface area contributed by atoms with Crippen molar-refractivity contribution in [3.05, 3.63) is 34.1 Å². The Morgan fingerprint density at radius 2 is 2.05 bits per heavy atom. The summed E-state index contributed by atoms with van der Waals surface area (Å²) in [5.74, 6) is 1.25. The van der Waals surface area contributed by atoms with Gasteiger partial charge in [0, 0.05) is 37.6 Å². The fourth-order valence-electron chi connectivity index (χ4n) is 2.53. The molecule has 21 heavy (non-hydrogen) atoms. The number of hydrogen-bond acceptors (Lipinski definition) is 7. The minimum Gasteiger partial charge on any atom is -0.338 e. The highest BCUT2D eigenvalue weighted by molar-refractivity contribution is 7.09. The highest BCUT2D eigenvalue weighted by Crippen LogP contribution is 2.11. The van der Waals surface area contributed by atoms with Gasteiger partial charge in [-0.15, -0.1) is 11.3 Å². The maximum Gasteiger partial charge on any atom is 0.240 e. The van der Waals surface area contributed by atoms with E-state index in [9.17, 15) is 0 Å². The molecule has 1 fully saturated rings. The summed E-state index contributed by atoms with van der Waals surface area (Å²) in [6.45, 7) is 6.52. The molecule has 0 unspecified atom stereocenters. The molecule has 7 heteroatoms. The molecule has 3 rings (SSSR count). The smallest absolute Gasteiger partial charge is 0.240 e. The SMILES string of the molecule is NCc1nc(CN2CCN(CCc3cccs3)CC2)no1. The molecular weight excluding hydrogens is 286 g/mol. The average molecular weight is 307 g/mol. The van der Waals surface area contributed by atoms with Gasteiger partial charge in [0.2, 0.25) is 5.89 Å². The summed E-state index contributed by atoms with van der Waals surface area (Å²) in [5, 5.41) is 6.10. The standard InChI is InChI=1S/C14H21N5OS/c15-10-14-16-13(17-20-14)11-19-7-5-18(6-8-19)4-3-12-2-1-9-21-12/h1-2,9H,3-8,10-11,15H2. The molecule has 1 aliphatic rings. The maximum atomic E-state index is 5.47. The monoisotopic (exact) mass is 307 g/mol. The molecule has 0 bridgehead atoms. The molecule has 0 atom stereocenters. The van der Waals surface area contributed by atoms with Gasteiger partial charge in [0.15, 0.2) is 5.82 Å². The van der Waals surface area contributed by atoms with Crippen molar-refractivity contribution < 1.29 is 4.52 Å². The third kappa shape index (κ3) is 4.10. The molecule has 1 saturated heterocycles. The van der Waals surface area contributed by atoms with Gasteiger partial charge in [-0.3, -0.25) is 4.90 Å². The van der Waals surface area contributed by atoms with Crippen LogP contribution in [0.25, 0.3) is 0 Å². The lowest BCUT2D eigenvalue weighted by atomic mass is 10.2. The van der Waals surface area contributed by atoms with Crippen LogP contribution in [0.3, 0.4) is 0 Å². The molecule has 0 radical (unpaired) electrons. The van der Waals surface area contributed by atoms with Crippen LogP contribution in [-0.4, -0.2) is 52.7 Å². The summed E-state index contributed by atoms with van der Waals surface area (Å²) in [6.07, 6.45) is 1.16. The summed E-state index contributed by atoms with van der Waals surface area (Å²) in [4.78, 5) is 10.6. The predicted octanol–water partition coefficient (Wildman–Crippen LogP) is 0.950. The first-order chi connectivity index (χ1) is 10.3. The summed E-state index contributed by atoms with van der Waals surface area (Å²) in [6, 6.07) is 4.34. The second-order valence-corrected chi connectivity index (χ2v) is 6.29. The van der Waals surface area contributed by atoms with Gasteiger partial charge >= 0.3 is 0 Å². The van der Waals surface area contributed by atoms with Gasteiger partial charge in [-0.25, -0.2) is 0 Å². The van der Waals surface area contributed by atoms with E-state index in [4.69, 9.17) is 10.3 Å². The van der Waals surface area contributed by atoms with Crippen molar-refractivity contribution in [3.63, 3.8) is 0 Å². The Balaban J connectivity index is 1.40. The van der Waals surface area contributed by atoms with Gasteiger partial charge in [0.1, 0.15) is 0 Å². The predicted molar refractivity (Wildman–Crippen MR) is 81.9 cm³/mol. The Kier molecular flexibility index (Phi) is 4.97. The normalized spacial score (nSPS) is 17.4. The number of nitrogens with zero attached hydrogens (tertiary/aromatic N) is 4. The number of nitrogens with two attached hydrogens (primary N) is 1. The minimum atomic E-state index is 0.309. The number of hydrogen-bond donors (Lipinski definition) is 1. The summed E-state index contributed by atoms with van der Waals surface area (Å²) < 4.78 is 5.03. The fourth-order valence-corrected chi connectivity index (χ4v) is 3.23. The van der Waals surface area contributed by atoms with E-state index < -0.39 is 0 Å². The van der Waals surface area contributed by atoms with E-state index >= 15 is 0 Å². The van der Waals surface area contributed by atoms with Gasteiger partial charge < -0.3 is 15.2 Å². The molecule has 1 aliphatic heterocycles. The van der Waals surface area contributed by atoms with E-state index in [1.807, 2.05) is 11.3 Å².